The zero-order valence-corrected chi connectivity index (χ0v) is 13.5. The van der Waals surface area contributed by atoms with Crippen LogP contribution in [0.3, 0.4) is 0 Å². The van der Waals surface area contributed by atoms with Crippen LogP contribution in [-0.2, 0) is 4.79 Å². The summed E-state index contributed by atoms with van der Waals surface area (Å²) in [4.78, 5) is 11.4. The predicted molar refractivity (Wildman–Crippen MR) is 83.8 cm³/mol. The largest absolute Gasteiger partial charge is 0.493 e. The fourth-order valence-electron chi connectivity index (χ4n) is 1.92. The second kappa shape index (κ2) is 8.52. The smallest absolute Gasteiger partial charge is 0.222 e. The molecular weight excluding hydrogens is 268 g/mol. The first-order valence-electron chi connectivity index (χ1n) is 7.22. The molecule has 5 nitrogen and oxygen atoms in total. The molecule has 21 heavy (non-hydrogen) atoms. The lowest BCUT2D eigenvalue weighted by atomic mass is 10.1. The van der Waals surface area contributed by atoms with Gasteiger partial charge >= 0.3 is 0 Å². The summed E-state index contributed by atoms with van der Waals surface area (Å²) < 4.78 is 10.5. The van der Waals surface area contributed by atoms with Crippen molar-refractivity contribution < 1.29 is 14.3 Å². The molecule has 1 aromatic rings. The van der Waals surface area contributed by atoms with Gasteiger partial charge in [0.05, 0.1) is 14.2 Å². The van der Waals surface area contributed by atoms with Gasteiger partial charge in [0.1, 0.15) is 0 Å². The van der Waals surface area contributed by atoms with Crippen LogP contribution in [0.15, 0.2) is 18.2 Å². The van der Waals surface area contributed by atoms with E-state index in [2.05, 4.69) is 17.6 Å². The molecular formula is C16H26N2O3. The van der Waals surface area contributed by atoms with Gasteiger partial charge in [-0.3, -0.25) is 4.79 Å². The third-order valence-electron chi connectivity index (χ3n) is 3.31. The van der Waals surface area contributed by atoms with E-state index < -0.39 is 0 Å². The fraction of sp³-hybridized carbons (Fsp3) is 0.562. The van der Waals surface area contributed by atoms with Crippen LogP contribution >= 0.6 is 0 Å². The van der Waals surface area contributed by atoms with Gasteiger partial charge in [-0.25, -0.2) is 0 Å². The highest BCUT2D eigenvalue weighted by molar-refractivity contribution is 5.77. The summed E-state index contributed by atoms with van der Waals surface area (Å²) in [5, 5.41) is 6.25. The maximum absolute atomic E-state index is 11.4. The van der Waals surface area contributed by atoms with Crippen LogP contribution < -0.4 is 20.1 Å². The minimum Gasteiger partial charge on any atom is -0.493 e. The molecule has 0 saturated heterocycles. The summed E-state index contributed by atoms with van der Waals surface area (Å²) in [7, 11) is 3.25. The number of hydrogen-bond acceptors (Lipinski definition) is 4. The van der Waals surface area contributed by atoms with Crippen LogP contribution in [0.4, 0.5) is 0 Å². The van der Waals surface area contributed by atoms with E-state index in [9.17, 15) is 4.79 Å². The Balaban J connectivity index is 2.48. The van der Waals surface area contributed by atoms with Gasteiger partial charge in [-0.2, -0.15) is 0 Å². The van der Waals surface area contributed by atoms with Gasteiger partial charge in [-0.1, -0.05) is 19.9 Å². The molecule has 0 aliphatic heterocycles. The van der Waals surface area contributed by atoms with E-state index in [1.807, 2.05) is 32.0 Å². The number of carbonyl (C=O) groups excluding carboxylic acids is 1. The first-order valence-corrected chi connectivity index (χ1v) is 7.22. The van der Waals surface area contributed by atoms with Crippen LogP contribution in [0.25, 0.3) is 0 Å². The van der Waals surface area contributed by atoms with E-state index in [1.54, 1.807) is 14.2 Å². The van der Waals surface area contributed by atoms with Crippen molar-refractivity contribution in [3.8, 4) is 11.5 Å². The summed E-state index contributed by atoms with van der Waals surface area (Å²) in [5.41, 5.74) is 1.11. The topological polar surface area (TPSA) is 59.6 Å². The number of rotatable bonds is 8. The van der Waals surface area contributed by atoms with Crippen molar-refractivity contribution in [1.29, 1.82) is 0 Å². The van der Waals surface area contributed by atoms with Crippen molar-refractivity contribution in [3.05, 3.63) is 23.8 Å². The highest BCUT2D eigenvalue weighted by Gasteiger charge is 2.10. The van der Waals surface area contributed by atoms with Crippen LogP contribution in [0.5, 0.6) is 11.5 Å². The Bertz CT molecular complexity index is 461. The molecule has 118 valence electrons. The Morgan fingerprint density at radius 3 is 2.33 bits per heavy atom. The highest BCUT2D eigenvalue weighted by Crippen LogP contribution is 2.29. The van der Waals surface area contributed by atoms with E-state index in [4.69, 9.17) is 9.47 Å². The number of carbonyl (C=O) groups is 1. The fourth-order valence-corrected chi connectivity index (χ4v) is 1.92. The van der Waals surface area contributed by atoms with Crippen molar-refractivity contribution in [3.63, 3.8) is 0 Å². The van der Waals surface area contributed by atoms with Crippen molar-refractivity contribution in [1.82, 2.24) is 10.6 Å². The molecule has 0 aromatic heterocycles. The number of methoxy groups -OCH3 is 2. The Kier molecular flexibility index (Phi) is 7.02. The molecule has 1 rings (SSSR count). The lowest BCUT2D eigenvalue weighted by molar-refractivity contribution is -0.123. The van der Waals surface area contributed by atoms with Gasteiger partial charge in [0, 0.05) is 25.0 Å². The molecule has 0 bridgehead atoms. The number of nitrogens with one attached hydrogen (secondary N) is 2. The minimum atomic E-state index is 0.0215. The molecule has 0 spiro atoms. The van der Waals surface area contributed by atoms with Crippen molar-refractivity contribution in [2.45, 2.75) is 26.8 Å². The molecule has 0 radical (unpaired) electrons. The Morgan fingerprint density at radius 1 is 1.10 bits per heavy atom. The molecule has 1 atom stereocenters. The van der Waals surface area contributed by atoms with Crippen LogP contribution in [0.1, 0.15) is 32.4 Å². The maximum atomic E-state index is 11.4. The lowest BCUT2D eigenvalue weighted by Crippen LogP contribution is -2.35. The molecule has 2 N–H and O–H groups in total. The third-order valence-corrected chi connectivity index (χ3v) is 3.31. The zero-order valence-electron chi connectivity index (χ0n) is 13.5. The molecule has 0 aliphatic carbocycles. The summed E-state index contributed by atoms with van der Waals surface area (Å²) in [6.45, 7) is 7.18. The SMILES string of the molecule is COc1ccc(C(C)NCCNC(=O)C(C)C)cc1OC. The van der Waals surface area contributed by atoms with Gasteiger partial charge in [-0.05, 0) is 24.6 Å². The van der Waals surface area contributed by atoms with Crippen LogP contribution in [-0.4, -0.2) is 33.2 Å². The summed E-state index contributed by atoms with van der Waals surface area (Å²) >= 11 is 0. The number of hydrogen-bond donors (Lipinski definition) is 2. The summed E-state index contributed by atoms with van der Waals surface area (Å²) in [5.74, 6) is 1.54. The molecule has 0 fully saturated rings. The third kappa shape index (κ3) is 5.27. The van der Waals surface area contributed by atoms with E-state index in [0.29, 0.717) is 13.1 Å². The minimum absolute atomic E-state index is 0.0215. The van der Waals surface area contributed by atoms with Crippen LogP contribution in [0, 0.1) is 5.92 Å². The molecule has 0 saturated carbocycles. The number of amides is 1. The Morgan fingerprint density at radius 2 is 1.76 bits per heavy atom. The van der Waals surface area contributed by atoms with Gasteiger partial charge < -0.3 is 20.1 Å². The van der Waals surface area contributed by atoms with E-state index >= 15 is 0 Å². The highest BCUT2D eigenvalue weighted by atomic mass is 16.5. The number of benzene rings is 1. The molecule has 5 heteroatoms. The normalized spacial score (nSPS) is 12.1. The predicted octanol–water partition coefficient (Wildman–Crippen LogP) is 2.13. The molecule has 1 unspecified atom stereocenters. The Labute approximate surface area is 127 Å². The van der Waals surface area contributed by atoms with Crippen LogP contribution in [0.2, 0.25) is 0 Å². The Hall–Kier alpha value is -1.75. The molecule has 0 aliphatic rings. The second-order valence-electron chi connectivity index (χ2n) is 5.24. The van der Waals surface area contributed by atoms with E-state index in [-0.39, 0.29) is 17.9 Å². The quantitative estimate of drug-likeness (QED) is 0.721. The van der Waals surface area contributed by atoms with Gasteiger partial charge in [-0.15, -0.1) is 0 Å². The number of ether oxygens (including phenoxy) is 2. The monoisotopic (exact) mass is 294 g/mol. The first-order chi connectivity index (χ1) is 9.99. The van der Waals surface area contributed by atoms with E-state index in [0.717, 1.165) is 17.1 Å². The second-order valence-corrected chi connectivity index (χ2v) is 5.24. The maximum Gasteiger partial charge on any atom is 0.222 e. The average molecular weight is 294 g/mol. The van der Waals surface area contributed by atoms with Gasteiger partial charge in [0.2, 0.25) is 5.91 Å². The summed E-state index contributed by atoms with van der Waals surface area (Å²) in [6.07, 6.45) is 0. The van der Waals surface area contributed by atoms with Crippen molar-refractivity contribution in [2.75, 3.05) is 27.3 Å². The summed E-state index contributed by atoms with van der Waals surface area (Å²) in [6, 6.07) is 6.03. The molecule has 1 amide bonds. The van der Waals surface area contributed by atoms with Gasteiger partial charge in [0.25, 0.3) is 0 Å². The average Bonchev–Trinajstić information content (AvgIpc) is 2.50. The molecule has 1 aromatic carbocycles. The van der Waals surface area contributed by atoms with Crippen molar-refractivity contribution >= 4 is 5.91 Å². The first kappa shape index (κ1) is 17.3. The van der Waals surface area contributed by atoms with Crippen molar-refractivity contribution in [2.24, 2.45) is 5.92 Å². The zero-order chi connectivity index (χ0) is 15.8. The lowest BCUT2D eigenvalue weighted by Gasteiger charge is -2.17. The molecule has 0 heterocycles. The van der Waals surface area contributed by atoms with E-state index in [1.165, 1.54) is 0 Å². The standard InChI is InChI=1S/C16H26N2O3/c1-11(2)16(19)18-9-8-17-12(3)13-6-7-14(20-4)15(10-13)21-5/h6-7,10-12,17H,8-9H2,1-5H3,(H,18,19). The van der Waals surface area contributed by atoms with Gasteiger partial charge in [0.15, 0.2) is 11.5 Å².